The van der Waals surface area contributed by atoms with E-state index in [2.05, 4.69) is 0 Å². The van der Waals surface area contributed by atoms with Crippen molar-refractivity contribution in [3.05, 3.63) is 41.9 Å². The highest BCUT2D eigenvalue weighted by Crippen LogP contribution is 2.38. The van der Waals surface area contributed by atoms with Crippen LogP contribution in [0.3, 0.4) is 0 Å². The topological polar surface area (TPSA) is 95.3 Å². The van der Waals surface area contributed by atoms with Crippen LogP contribution >= 0.6 is 0 Å². The van der Waals surface area contributed by atoms with Gasteiger partial charge in [-0.25, -0.2) is 8.42 Å². The molecule has 0 N–H and O–H groups in total. The first-order chi connectivity index (χ1) is 13.4. The molecule has 9 heteroatoms. The maximum Gasteiger partial charge on any atom is 0.254 e. The van der Waals surface area contributed by atoms with Gasteiger partial charge in [0.25, 0.3) is 5.91 Å². The molecule has 1 fully saturated rings. The number of hydrogen-bond donors (Lipinski definition) is 0. The van der Waals surface area contributed by atoms with Crippen molar-refractivity contribution < 1.29 is 31.8 Å². The lowest BCUT2D eigenvalue weighted by Crippen LogP contribution is -2.32. The van der Waals surface area contributed by atoms with Crippen molar-refractivity contribution in [1.29, 1.82) is 0 Å². The molecule has 3 rings (SSSR count). The standard InChI is InChI=1S/C19H23NO7S/c1-24-16-9-13(10-17(25-2)18(16)26-3)19(21)20-7-6-15(11-20)28(22,23)12-14-5-4-8-27-14/h4-5,8-10,15H,6-7,11-12H2,1-3H3. The molecule has 1 aromatic heterocycles. The van der Waals surface area contributed by atoms with Gasteiger partial charge in [0.05, 0.1) is 32.8 Å². The van der Waals surface area contributed by atoms with Gasteiger partial charge >= 0.3 is 0 Å². The molecule has 2 heterocycles. The molecule has 152 valence electrons. The summed E-state index contributed by atoms with van der Waals surface area (Å²) in [6.45, 7) is 0.496. The third-order valence-electron chi connectivity index (χ3n) is 4.78. The Hall–Kier alpha value is -2.68. The Labute approximate surface area is 163 Å². The minimum Gasteiger partial charge on any atom is -0.493 e. The molecule has 1 aromatic carbocycles. The number of benzene rings is 1. The zero-order valence-electron chi connectivity index (χ0n) is 16.0. The number of amides is 1. The van der Waals surface area contributed by atoms with Gasteiger partial charge in [0.15, 0.2) is 21.3 Å². The molecular formula is C19H23NO7S. The van der Waals surface area contributed by atoms with Gasteiger partial charge in [-0.05, 0) is 30.7 Å². The number of methoxy groups -OCH3 is 3. The maximum absolute atomic E-state index is 12.9. The van der Waals surface area contributed by atoms with Gasteiger partial charge in [-0.15, -0.1) is 0 Å². The second-order valence-electron chi connectivity index (χ2n) is 6.46. The Kier molecular flexibility index (Phi) is 5.83. The van der Waals surface area contributed by atoms with E-state index in [0.717, 1.165) is 0 Å². The number of furan rings is 1. The molecule has 8 nitrogen and oxygen atoms in total. The van der Waals surface area contributed by atoms with Gasteiger partial charge in [-0.1, -0.05) is 0 Å². The summed E-state index contributed by atoms with van der Waals surface area (Å²) < 4.78 is 46.3. The molecule has 1 unspecified atom stereocenters. The molecule has 2 aromatic rings. The molecule has 1 amide bonds. The summed E-state index contributed by atoms with van der Waals surface area (Å²) in [4.78, 5) is 14.5. The van der Waals surface area contributed by atoms with E-state index in [4.69, 9.17) is 18.6 Å². The van der Waals surface area contributed by atoms with Gasteiger partial charge in [0.1, 0.15) is 11.5 Å². The molecular weight excluding hydrogens is 386 g/mol. The Balaban J connectivity index is 1.77. The number of carbonyl (C=O) groups is 1. The SMILES string of the molecule is COc1cc(C(=O)N2CCC(S(=O)(=O)Cc3ccco3)C2)cc(OC)c1OC. The fraction of sp³-hybridized carbons (Fsp3) is 0.421. The lowest BCUT2D eigenvalue weighted by atomic mass is 10.1. The fourth-order valence-corrected chi connectivity index (χ4v) is 4.97. The van der Waals surface area contributed by atoms with Crippen LogP contribution in [0, 0.1) is 0 Å². The summed E-state index contributed by atoms with van der Waals surface area (Å²) >= 11 is 0. The van der Waals surface area contributed by atoms with Crippen molar-refractivity contribution in [2.75, 3.05) is 34.4 Å². The number of hydrogen-bond acceptors (Lipinski definition) is 7. The first kappa shape index (κ1) is 20.1. The van der Waals surface area contributed by atoms with Gasteiger partial charge in [-0.3, -0.25) is 4.79 Å². The Bertz CT molecular complexity index is 912. The Morgan fingerprint density at radius 3 is 2.39 bits per heavy atom. The van der Waals surface area contributed by atoms with Crippen LogP contribution in [0.15, 0.2) is 34.9 Å². The van der Waals surface area contributed by atoms with Crippen molar-refractivity contribution >= 4 is 15.7 Å². The molecule has 0 saturated carbocycles. The van der Waals surface area contributed by atoms with Crippen LogP contribution in [-0.4, -0.2) is 58.9 Å². The minimum absolute atomic E-state index is 0.137. The van der Waals surface area contributed by atoms with Gasteiger partial charge in [0.2, 0.25) is 5.75 Å². The Morgan fingerprint density at radius 1 is 1.18 bits per heavy atom. The molecule has 28 heavy (non-hydrogen) atoms. The van der Waals surface area contributed by atoms with E-state index in [-0.39, 0.29) is 18.2 Å². The van der Waals surface area contributed by atoms with E-state index in [0.29, 0.717) is 41.5 Å². The number of ether oxygens (including phenoxy) is 3. The van der Waals surface area contributed by atoms with Gasteiger partial charge in [-0.2, -0.15) is 0 Å². The van der Waals surface area contributed by atoms with E-state index in [1.807, 2.05) is 0 Å². The van der Waals surface area contributed by atoms with Crippen molar-refractivity contribution in [2.24, 2.45) is 0 Å². The van der Waals surface area contributed by atoms with E-state index in [9.17, 15) is 13.2 Å². The van der Waals surface area contributed by atoms with Crippen LogP contribution in [-0.2, 0) is 15.6 Å². The number of nitrogens with zero attached hydrogens (tertiary/aromatic N) is 1. The molecule has 1 aliphatic heterocycles. The second-order valence-corrected chi connectivity index (χ2v) is 8.74. The lowest BCUT2D eigenvalue weighted by Gasteiger charge is -2.19. The summed E-state index contributed by atoms with van der Waals surface area (Å²) in [5.74, 6) is 1.07. The zero-order chi connectivity index (χ0) is 20.3. The highest BCUT2D eigenvalue weighted by Gasteiger charge is 2.36. The summed E-state index contributed by atoms with van der Waals surface area (Å²) in [7, 11) is 1.000. The van der Waals surface area contributed by atoms with E-state index >= 15 is 0 Å². The fourth-order valence-electron chi connectivity index (χ4n) is 3.30. The minimum atomic E-state index is -3.42. The van der Waals surface area contributed by atoms with Crippen LogP contribution in [0.5, 0.6) is 17.2 Å². The largest absolute Gasteiger partial charge is 0.493 e. The normalized spacial score (nSPS) is 16.8. The molecule has 0 aliphatic carbocycles. The zero-order valence-corrected chi connectivity index (χ0v) is 16.8. The molecule has 0 bridgehead atoms. The van der Waals surface area contributed by atoms with Crippen molar-refractivity contribution in [2.45, 2.75) is 17.4 Å². The predicted octanol–water partition coefficient (Wildman–Crippen LogP) is 2.13. The number of sulfone groups is 1. The second kappa shape index (κ2) is 8.14. The summed E-state index contributed by atoms with van der Waals surface area (Å²) in [6.07, 6.45) is 1.83. The highest BCUT2D eigenvalue weighted by atomic mass is 32.2. The lowest BCUT2D eigenvalue weighted by molar-refractivity contribution is 0.0792. The van der Waals surface area contributed by atoms with Crippen LogP contribution in [0.4, 0.5) is 0 Å². The van der Waals surface area contributed by atoms with Crippen LogP contribution < -0.4 is 14.2 Å². The van der Waals surface area contributed by atoms with Crippen molar-refractivity contribution in [1.82, 2.24) is 4.90 Å². The third-order valence-corrected chi connectivity index (χ3v) is 6.86. The summed E-state index contributed by atoms with van der Waals surface area (Å²) in [5.41, 5.74) is 0.346. The summed E-state index contributed by atoms with van der Waals surface area (Å²) in [5, 5.41) is -0.622. The quantitative estimate of drug-likeness (QED) is 0.691. The maximum atomic E-state index is 12.9. The molecule has 1 atom stereocenters. The Morgan fingerprint density at radius 2 is 1.86 bits per heavy atom. The van der Waals surface area contributed by atoms with Gasteiger partial charge < -0.3 is 23.5 Å². The summed E-state index contributed by atoms with van der Waals surface area (Å²) in [6, 6.07) is 6.41. The highest BCUT2D eigenvalue weighted by molar-refractivity contribution is 7.91. The predicted molar refractivity (Wildman–Crippen MR) is 102 cm³/mol. The van der Waals surface area contributed by atoms with Gasteiger partial charge in [0, 0.05) is 18.7 Å². The van der Waals surface area contributed by atoms with E-state index in [1.165, 1.54) is 32.5 Å². The third kappa shape index (κ3) is 3.94. The molecule has 1 saturated heterocycles. The van der Waals surface area contributed by atoms with Crippen molar-refractivity contribution in [3.63, 3.8) is 0 Å². The van der Waals surface area contributed by atoms with Crippen LogP contribution in [0.2, 0.25) is 0 Å². The number of likely N-dealkylation sites (tertiary alicyclic amines) is 1. The first-order valence-electron chi connectivity index (χ1n) is 8.72. The number of carbonyl (C=O) groups excluding carboxylic acids is 1. The molecule has 0 radical (unpaired) electrons. The first-order valence-corrected chi connectivity index (χ1v) is 10.4. The van der Waals surface area contributed by atoms with E-state index < -0.39 is 15.1 Å². The number of rotatable bonds is 7. The smallest absolute Gasteiger partial charge is 0.254 e. The monoisotopic (exact) mass is 409 g/mol. The van der Waals surface area contributed by atoms with E-state index in [1.54, 1.807) is 24.3 Å². The average molecular weight is 409 g/mol. The average Bonchev–Trinajstić information content (AvgIpc) is 3.38. The van der Waals surface area contributed by atoms with Crippen molar-refractivity contribution in [3.8, 4) is 17.2 Å². The molecule has 1 aliphatic rings. The van der Waals surface area contributed by atoms with Crippen LogP contribution in [0.1, 0.15) is 22.5 Å². The van der Waals surface area contributed by atoms with Crippen LogP contribution in [0.25, 0.3) is 0 Å². The molecule has 0 spiro atoms.